The predicted octanol–water partition coefficient (Wildman–Crippen LogP) is 3.03. The average Bonchev–Trinajstić information content (AvgIpc) is 2.87. The largest absolute Gasteiger partial charge is 0.341 e. The second-order valence-corrected chi connectivity index (χ2v) is 6.60. The van der Waals surface area contributed by atoms with Crippen LogP contribution in [0.15, 0.2) is 24.3 Å². The molecule has 0 bridgehead atoms. The van der Waals surface area contributed by atoms with Crippen LogP contribution in [-0.2, 0) is 11.2 Å². The molecule has 3 rings (SSSR count). The lowest BCUT2D eigenvalue weighted by molar-refractivity contribution is -0.135. The third-order valence-corrected chi connectivity index (χ3v) is 4.75. The third-order valence-electron chi connectivity index (χ3n) is 4.75. The van der Waals surface area contributed by atoms with Crippen molar-refractivity contribution in [1.82, 2.24) is 10.2 Å². The summed E-state index contributed by atoms with van der Waals surface area (Å²) in [6.07, 6.45) is 2.03. The van der Waals surface area contributed by atoms with Crippen molar-refractivity contribution >= 4 is 18.3 Å². The van der Waals surface area contributed by atoms with E-state index >= 15 is 0 Å². The Morgan fingerprint density at radius 2 is 2.00 bits per heavy atom. The van der Waals surface area contributed by atoms with Crippen molar-refractivity contribution in [2.45, 2.75) is 37.6 Å². The number of amides is 1. The Labute approximate surface area is 146 Å². The van der Waals surface area contributed by atoms with Crippen LogP contribution in [0.25, 0.3) is 0 Å². The zero-order valence-electron chi connectivity index (χ0n) is 13.3. The van der Waals surface area contributed by atoms with Gasteiger partial charge < -0.3 is 4.90 Å². The predicted molar refractivity (Wildman–Crippen MR) is 88.0 cm³/mol. The van der Waals surface area contributed by atoms with Crippen LogP contribution in [0.2, 0.25) is 0 Å². The number of likely N-dealkylation sites (tertiary alicyclic amines) is 1. The monoisotopic (exact) mass is 362 g/mol. The number of benzene rings is 1. The molecule has 1 aromatic carbocycles. The summed E-state index contributed by atoms with van der Waals surface area (Å²) in [5.74, 6) is -2.83. The Kier molecular flexibility index (Phi) is 6.15. The molecule has 2 aliphatic rings. The fraction of sp³-hybridized carbons (Fsp3) is 0.588. The van der Waals surface area contributed by atoms with Crippen molar-refractivity contribution in [1.29, 1.82) is 0 Å². The number of rotatable bonds is 3. The molecular formula is C17H22ClF3N2O. The molecule has 24 heavy (non-hydrogen) atoms. The first kappa shape index (κ1) is 19.1. The van der Waals surface area contributed by atoms with Crippen molar-refractivity contribution in [3.05, 3.63) is 35.6 Å². The third kappa shape index (κ3) is 4.63. The van der Waals surface area contributed by atoms with Crippen molar-refractivity contribution in [2.24, 2.45) is 5.92 Å². The maximum Gasteiger partial charge on any atom is 0.262 e. The molecule has 1 atom stereocenters. The van der Waals surface area contributed by atoms with Crippen LogP contribution >= 0.6 is 12.4 Å². The van der Waals surface area contributed by atoms with Crippen LogP contribution in [0.5, 0.6) is 0 Å². The molecule has 1 unspecified atom stereocenters. The number of alkyl halides is 2. The van der Waals surface area contributed by atoms with Crippen molar-refractivity contribution in [2.75, 3.05) is 19.6 Å². The molecule has 0 aliphatic carbocycles. The molecule has 2 heterocycles. The normalized spacial score (nSPS) is 23.8. The van der Waals surface area contributed by atoms with Gasteiger partial charge in [0.15, 0.2) is 0 Å². The highest BCUT2D eigenvalue weighted by Crippen LogP contribution is 2.28. The van der Waals surface area contributed by atoms with Crippen molar-refractivity contribution in [3.8, 4) is 0 Å². The van der Waals surface area contributed by atoms with Crippen LogP contribution in [0.3, 0.4) is 0 Å². The van der Waals surface area contributed by atoms with Crippen LogP contribution in [-0.4, -0.2) is 42.4 Å². The first-order chi connectivity index (χ1) is 10.9. The smallest absolute Gasteiger partial charge is 0.262 e. The zero-order valence-corrected chi connectivity index (χ0v) is 14.1. The van der Waals surface area contributed by atoms with Gasteiger partial charge in [-0.05, 0) is 42.9 Å². The Balaban J connectivity index is 0.00000208. The summed E-state index contributed by atoms with van der Waals surface area (Å²) in [5.41, 5.74) is 0.965. The van der Waals surface area contributed by atoms with E-state index in [0.29, 0.717) is 19.0 Å². The lowest BCUT2D eigenvalue weighted by Crippen LogP contribution is -2.47. The number of nitrogens with one attached hydrogen (secondary N) is 1. The molecule has 2 fully saturated rings. The minimum atomic E-state index is -2.78. The molecule has 3 nitrogen and oxygen atoms in total. The lowest BCUT2D eigenvalue weighted by atomic mass is 9.90. The SMILES string of the molecule is Cl.O=C(C1CC(F)(F)CN1)N1CCC(Cc2cccc(F)c2)CC1. The second-order valence-electron chi connectivity index (χ2n) is 6.60. The summed E-state index contributed by atoms with van der Waals surface area (Å²) in [6, 6.07) is 5.82. The summed E-state index contributed by atoms with van der Waals surface area (Å²) in [5, 5.41) is 2.62. The molecule has 7 heteroatoms. The minimum Gasteiger partial charge on any atom is -0.341 e. The quantitative estimate of drug-likeness (QED) is 0.896. The Bertz CT molecular complexity index is 577. The van der Waals surface area contributed by atoms with E-state index in [1.165, 1.54) is 6.07 Å². The first-order valence-electron chi connectivity index (χ1n) is 8.07. The summed E-state index contributed by atoms with van der Waals surface area (Å²) < 4.78 is 39.6. The standard InChI is InChI=1S/C17H21F3N2O.ClH/c18-14-3-1-2-13(9-14)8-12-4-6-22(7-5-12)16(23)15-10-17(19,20)11-21-15;/h1-3,9,12,15,21H,4-8,10-11H2;1H. The maximum absolute atomic E-state index is 13.2. The molecule has 1 aromatic rings. The van der Waals surface area contributed by atoms with E-state index in [1.54, 1.807) is 17.0 Å². The maximum atomic E-state index is 13.2. The number of hydrogen-bond acceptors (Lipinski definition) is 2. The van der Waals surface area contributed by atoms with Gasteiger partial charge in [0.2, 0.25) is 5.91 Å². The number of carbonyl (C=O) groups excluding carboxylic acids is 1. The van der Waals surface area contributed by atoms with Gasteiger partial charge in [-0.1, -0.05) is 12.1 Å². The van der Waals surface area contributed by atoms with Crippen LogP contribution in [0, 0.1) is 11.7 Å². The minimum absolute atomic E-state index is 0. The van der Waals surface area contributed by atoms with Crippen molar-refractivity contribution in [3.63, 3.8) is 0 Å². The summed E-state index contributed by atoms with van der Waals surface area (Å²) in [4.78, 5) is 14.0. The van der Waals surface area contributed by atoms with Gasteiger partial charge >= 0.3 is 0 Å². The van der Waals surface area contributed by atoms with Gasteiger partial charge in [-0.2, -0.15) is 0 Å². The molecular weight excluding hydrogens is 341 g/mol. The molecule has 0 aromatic heterocycles. The van der Waals surface area contributed by atoms with Gasteiger partial charge in [0.25, 0.3) is 5.92 Å². The van der Waals surface area contributed by atoms with Crippen LogP contribution in [0.4, 0.5) is 13.2 Å². The molecule has 0 saturated carbocycles. The fourth-order valence-electron chi connectivity index (χ4n) is 3.47. The van der Waals surface area contributed by atoms with Crippen LogP contribution < -0.4 is 5.32 Å². The highest BCUT2D eigenvalue weighted by molar-refractivity contribution is 5.85. The van der Waals surface area contributed by atoms with Gasteiger partial charge in [-0.15, -0.1) is 12.4 Å². The average molecular weight is 363 g/mol. The van der Waals surface area contributed by atoms with E-state index in [0.717, 1.165) is 24.8 Å². The van der Waals surface area contributed by atoms with Gasteiger partial charge in [0, 0.05) is 19.5 Å². The number of nitrogens with zero attached hydrogens (tertiary/aromatic N) is 1. The molecule has 2 aliphatic heterocycles. The zero-order chi connectivity index (χ0) is 16.4. The van der Waals surface area contributed by atoms with Gasteiger partial charge in [0.05, 0.1) is 12.6 Å². The Hall–Kier alpha value is -1.27. The Morgan fingerprint density at radius 1 is 1.29 bits per heavy atom. The van der Waals surface area contributed by atoms with Gasteiger partial charge in [-0.25, -0.2) is 13.2 Å². The highest BCUT2D eigenvalue weighted by Gasteiger charge is 2.43. The van der Waals surface area contributed by atoms with E-state index < -0.39 is 24.9 Å². The number of carbonyl (C=O) groups is 1. The highest BCUT2D eigenvalue weighted by atomic mass is 35.5. The molecule has 1 N–H and O–H groups in total. The lowest BCUT2D eigenvalue weighted by Gasteiger charge is -2.33. The van der Waals surface area contributed by atoms with E-state index in [1.807, 2.05) is 6.07 Å². The second kappa shape index (κ2) is 7.74. The fourth-order valence-corrected chi connectivity index (χ4v) is 3.47. The molecule has 0 spiro atoms. The topological polar surface area (TPSA) is 32.3 Å². The van der Waals surface area contributed by atoms with E-state index in [9.17, 15) is 18.0 Å². The van der Waals surface area contributed by atoms with E-state index in [4.69, 9.17) is 0 Å². The number of hydrogen-bond donors (Lipinski definition) is 1. The first-order valence-corrected chi connectivity index (χ1v) is 8.07. The van der Waals surface area contributed by atoms with E-state index in [2.05, 4.69) is 5.32 Å². The molecule has 1 amide bonds. The molecule has 0 radical (unpaired) electrons. The van der Waals surface area contributed by atoms with Gasteiger partial charge in [-0.3, -0.25) is 10.1 Å². The number of piperidine rings is 1. The van der Waals surface area contributed by atoms with E-state index in [-0.39, 0.29) is 24.1 Å². The van der Waals surface area contributed by atoms with Crippen LogP contribution in [0.1, 0.15) is 24.8 Å². The Morgan fingerprint density at radius 3 is 2.58 bits per heavy atom. The summed E-state index contributed by atoms with van der Waals surface area (Å²) in [7, 11) is 0. The van der Waals surface area contributed by atoms with Gasteiger partial charge in [0.1, 0.15) is 5.82 Å². The van der Waals surface area contributed by atoms with Crippen molar-refractivity contribution < 1.29 is 18.0 Å². The molecule has 2 saturated heterocycles. The number of halogens is 4. The molecule has 134 valence electrons. The summed E-state index contributed by atoms with van der Waals surface area (Å²) in [6.45, 7) is 0.755. The summed E-state index contributed by atoms with van der Waals surface area (Å²) >= 11 is 0.